The largest absolute Gasteiger partial charge is 0.535 e. The molecule has 1 aromatic rings. The molecule has 0 aliphatic heterocycles. The van der Waals surface area contributed by atoms with Gasteiger partial charge in [0.25, 0.3) is 8.32 Å². The van der Waals surface area contributed by atoms with E-state index < -0.39 is 8.32 Å². The monoisotopic (exact) mass is 280 g/mol. The van der Waals surface area contributed by atoms with E-state index in [-0.39, 0.29) is 4.75 Å². The molecule has 18 heavy (non-hydrogen) atoms. The Hall–Kier alpha value is -0.673. The van der Waals surface area contributed by atoms with Crippen molar-refractivity contribution in [3.05, 3.63) is 41.5 Å². The fourth-order valence-corrected chi connectivity index (χ4v) is 4.84. The highest BCUT2D eigenvalue weighted by Gasteiger charge is 2.29. The van der Waals surface area contributed by atoms with Crippen LogP contribution in [0, 0.1) is 0 Å². The Kier molecular flexibility index (Phi) is 5.11. The lowest BCUT2D eigenvalue weighted by molar-refractivity contribution is 0.467. The first-order valence-electron chi connectivity index (χ1n) is 6.34. The second kappa shape index (κ2) is 5.98. The number of allylic oxidation sites excluding steroid dienone is 1. The van der Waals surface area contributed by atoms with Crippen molar-refractivity contribution in [1.29, 1.82) is 0 Å². The minimum absolute atomic E-state index is 0.184. The van der Waals surface area contributed by atoms with Crippen LogP contribution >= 0.6 is 11.8 Å². The van der Waals surface area contributed by atoms with Gasteiger partial charge in [0.1, 0.15) is 5.09 Å². The lowest BCUT2D eigenvalue weighted by Crippen LogP contribution is -2.44. The fraction of sp³-hybridized carbons (Fsp3) is 0.467. The van der Waals surface area contributed by atoms with Crippen LogP contribution in [-0.2, 0) is 4.43 Å². The normalized spacial score (nSPS) is 13.6. The molecule has 3 heteroatoms. The molecule has 0 spiro atoms. The van der Waals surface area contributed by atoms with Crippen LogP contribution in [0.1, 0.15) is 27.7 Å². The number of benzene rings is 1. The molecule has 1 nitrogen and oxygen atoms in total. The Morgan fingerprint density at radius 1 is 1.17 bits per heavy atom. The molecule has 1 rings (SSSR count). The van der Waals surface area contributed by atoms with Crippen LogP contribution in [0.15, 0.2) is 41.5 Å². The molecular formula is C15H24OSSi. The first-order chi connectivity index (χ1) is 8.24. The van der Waals surface area contributed by atoms with Gasteiger partial charge in [0.15, 0.2) is 0 Å². The first-order valence-corrected chi connectivity index (χ1v) is 10.1. The van der Waals surface area contributed by atoms with E-state index in [1.807, 2.05) is 6.92 Å². The summed E-state index contributed by atoms with van der Waals surface area (Å²) in [5.41, 5.74) is 0. The minimum Gasteiger partial charge on any atom is -0.535 e. The van der Waals surface area contributed by atoms with E-state index in [4.69, 9.17) is 4.43 Å². The van der Waals surface area contributed by atoms with Gasteiger partial charge in [-0.15, -0.1) is 0 Å². The zero-order chi connectivity index (χ0) is 13.8. The van der Waals surface area contributed by atoms with Crippen LogP contribution in [0.5, 0.6) is 0 Å². The highest BCUT2D eigenvalue weighted by Crippen LogP contribution is 2.33. The zero-order valence-corrected chi connectivity index (χ0v) is 14.1. The fourth-order valence-electron chi connectivity index (χ4n) is 1.59. The minimum atomic E-state index is -1.85. The molecule has 0 saturated heterocycles. The third-order valence-corrected chi connectivity index (χ3v) is 6.20. The summed E-state index contributed by atoms with van der Waals surface area (Å²) in [4.78, 5) is 0. The van der Waals surface area contributed by atoms with Gasteiger partial charge in [-0.2, -0.15) is 0 Å². The maximum Gasteiger partial charge on any atom is 0.277 e. The zero-order valence-electron chi connectivity index (χ0n) is 12.3. The van der Waals surface area contributed by atoms with Crippen LogP contribution < -0.4 is 5.19 Å². The van der Waals surface area contributed by atoms with Crippen LogP contribution in [0.4, 0.5) is 0 Å². The van der Waals surface area contributed by atoms with Crippen LogP contribution in [0.2, 0.25) is 13.1 Å². The molecule has 0 aliphatic carbocycles. The summed E-state index contributed by atoms with van der Waals surface area (Å²) in [6, 6.07) is 10.6. The Bertz CT molecular complexity index is 404. The Morgan fingerprint density at radius 2 is 1.72 bits per heavy atom. The highest BCUT2D eigenvalue weighted by atomic mass is 32.2. The molecule has 0 radical (unpaired) electrons. The van der Waals surface area contributed by atoms with Crippen LogP contribution in [-0.4, -0.2) is 13.1 Å². The quantitative estimate of drug-likeness (QED) is 0.593. The molecule has 100 valence electrons. The van der Waals surface area contributed by atoms with E-state index in [2.05, 4.69) is 70.3 Å². The van der Waals surface area contributed by atoms with Gasteiger partial charge in [0.05, 0.1) is 0 Å². The van der Waals surface area contributed by atoms with Crippen molar-refractivity contribution in [3.63, 3.8) is 0 Å². The van der Waals surface area contributed by atoms with Gasteiger partial charge in [0, 0.05) is 4.75 Å². The van der Waals surface area contributed by atoms with Crippen molar-refractivity contribution in [2.75, 3.05) is 0 Å². The van der Waals surface area contributed by atoms with Gasteiger partial charge in [-0.3, -0.25) is 0 Å². The summed E-state index contributed by atoms with van der Waals surface area (Å²) in [7, 11) is -1.85. The van der Waals surface area contributed by atoms with Crippen molar-refractivity contribution in [2.24, 2.45) is 0 Å². The number of rotatable bonds is 4. The van der Waals surface area contributed by atoms with Gasteiger partial charge in [-0.25, -0.2) is 0 Å². The maximum atomic E-state index is 6.31. The SMILES string of the molecule is C/C=C(/O[Si](C)(C)c1ccccc1)SC(C)(C)C. The Balaban J connectivity index is 2.82. The summed E-state index contributed by atoms with van der Waals surface area (Å²) in [5, 5.41) is 2.38. The third-order valence-electron chi connectivity index (χ3n) is 2.47. The first kappa shape index (κ1) is 15.4. The molecule has 0 fully saturated rings. The molecule has 0 saturated carbocycles. The van der Waals surface area contributed by atoms with E-state index >= 15 is 0 Å². The molecule has 0 unspecified atom stereocenters. The average molecular weight is 281 g/mol. The van der Waals surface area contributed by atoms with Crippen LogP contribution in [0.3, 0.4) is 0 Å². The summed E-state index contributed by atoms with van der Waals surface area (Å²) >= 11 is 1.80. The van der Waals surface area contributed by atoms with E-state index in [1.54, 1.807) is 11.8 Å². The maximum absolute atomic E-state index is 6.31. The van der Waals surface area contributed by atoms with Crippen molar-refractivity contribution in [1.82, 2.24) is 0 Å². The second-order valence-electron chi connectivity index (χ2n) is 5.80. The van der Waals surface area contributed by atoms with E-state index in [0.29, 0.717) is 0 Å². The summed E-state index contributed by atoms with van der Waals surface area (Å²) in [6.07, 6.45) is 2.08. The Labute approximate surface area is 117 Å². The predicted molar refractivity (Wildman–Crippen MR) is 85.7 cm³/mol. The van der Waals surface area contributed by atoms with E-state index in [1.165, 1.54) is 5.19 Å². The third kappa shape index (κ3) is 4.90. The van der Waals surface area contributed by atoms with Gasteiger partial charge >= 0.3 is 0 Å². The van der Waals surface area contributed by atoms with E-state index in [9.17, 15) is 0 Å². The van der Waals surface area contributed by atoms with Crippen molar-refractivity contribution in [2.45, 2.75) is 45.5 Å². The second-order valence-corrected chi connectivity index (χ2v) is 11.4. The van der Waals surface area contributed by atoms with Gasteiger partial charge in [-0.05, 0) is 31.3 Å². The van der Waals surface area contributed by atoms with Crippen molar-refractivity contribution >= 4 is 25.3 Å². The van der Waals surface area contributed by atoms with E-state index in [0.717, 1.165) is 5.09 Å². The van der Waals surface area contributed by atoms with Gasteiger partial charge in [0.2, 0.25) is 0 Å². The molecule has 1 aromatic carbocycles. The molecular weight excluding hydrogens is 256 g/mol. The van der Waals surface area contributed by atoms with Gasteiger partial charge < -0.3 is 4.43 Å². The molecule has 0 aliphatic rings. The number of hydrogen-bond acceptors (Lipinski definition) is 2. The predicted octanol–water partition coefficient (Wildman–Crippen LogP) is 4.51. The molecule has 0 atom stereocenters. The topological polar surface area (TPSA) is 9.23 Å². The smallest absolute Gasteiger partial charge is 0.277 e. The summed E-state index contributed by atoms with van der Waals surface area (Å²) in [5.74, 6) is 0. The molecule has 0 bridgehead atoms. The average Bonchev–Trinajstić information content (AvgIpc) is 2.27. The van der Waals surface area contributed by atoms with Crippen molar-refractivity contribution < 1.29 is 4.43 Å². The highest BCUT2D eigenvalue weighted by molar-refractivity contribution is 8.04. The standard InChI is InChI=1S/C15H24OSSi/c1-7-14(17-15(2,3)4)16-18(5,6)13-11-9-8-10-12-13/h7-12H,1-6H3/b14-7-. The van der Waals surface area contributed by atoms with Gasteiger partial charge in [-0.1, -0.05) is 62.9 Å². The number of hydrogen-bond donors (Lipinski definition) is 0. The van der Waals surface area contributed by atoms with Crippen molar-refractivity contribution in [3.8, 4) is 0 Å². The number of thioether (sulfide) groups is 1. The molecule has 0 heterocycles. The molecule has 0 amide bonds. The molecule has 0 N–H and O–H groups in total. The van der Waals surface area contributed by atoms with Crippen LogP contribution in [0.25, 0.3) is 0 Å². The lowest BCUT2D eigenvalue weighted by Gasteiger charge is -2.29. The lowest BCUT2D eigenvalue weighted by atomic mass is 10.3. The summed E-state index contributed by atoms with van der Waals surface area (Å²) in [6.45, 7) is 13.2. The molecule has 0 aromatic heterocycles. The summed E-state index contributed by atoms with van der Waals surface area (Å²) < 4.78 is 6.50. The Morgan fingerprint density at radius 3 is 2.17 bits per heavy atom.